The molecule has 0 unspecified atom stereocenters. The van der Waals surface area contributed by atoms with E-state index < -0.39 is 21.6 Å². The van der Waals surface area contributed by atoms with Gasteiger partial charge in [-0.15, -0.1) is 0 Å². The van der Waals surface area contributed by atoms with Crippen molar-refractivity contribution in [3.63, 3.8) is 0 Å². The Morgan fingerprint density at radius 3 is 2.08 bits per heavy atom. The average molecular weight is 417 g/mol. The van der Waals surface area contributed by atoms with Crippen LogP contribution in [-0.2, 0) is 29.3 Å². The Kier molecular flexibility index (Phi) is 10.2. The van der Waals surface area contributed by atoms with Gasteiger partial charge in [0.05, 0.1) is 16.2 Å². The van der Waals surface area contributed by atoms with Gasteiger partial charge in [0.15, 0.2) is 9.84 Å². The van der Waals surface area contributed by atoms with E-state index in [0.29, 0.717) is 4.90 Å². The van der Waals surface area contributed by atoms with Crippen LogP contribution in [0.4, 0.5) is 0 Å². The minimum atomic E-state index is -3.20. The molecule has 0 aliphatic rings. The van der Waals surface area contributed by atoms with Gasteiger partial charge in [-0.05, 0) is 31.5 Å². The van der Waals surface area contributed by atoms with Gasteiger partial charge in [-0.2, -0.15) is 0 Å². The molecule has 0 saturated carbocycles. The molecular weight excluding hydrogens is 398 g/mol. The first-order valence-corrected chi connectivity index (χ1v) is 8.83. The second-order valence-corrected chi connectivity index (χ2v) is 7.12. The van der Waals surface area contributed by atoms with Crippen LogP contribution >= 0.6 is 0 Å². The number of benzene rings is 2. The molecule has 0 spiro atoms. The Balaban J connectivity index is 0.000000465. The normalized spacial score (nSPS) is 10.2. The maximum atomic E-state index is 11.6. The largest absolute Gasteiger partial charge is 0.872 e. The van der Waals surface area contributed by atoms with Gasteiger partial charge >= 0.3 is 5.97 Å². The molecule has 0 heterocycles. The number of carbonyl (C=O) groups is 1. The predicted octanol–water partition coefficient (Wildman–Crippen LogP) is 1.61. The molecule has 8 heteroatoms. The maximum Gasteiger partial charge on any atom is 0.335 e. The van der Waals surface area contributed by atoms with Crippen molar-refractivity contribution in [1.82, 2.24) is 0 Å². The van der Waals surface area contributed by atoms with Gasteiger partial charge in [-0.3, -0.25) is 0 Å². The molecular formula is C17H19O6SZn-. The summed E-state index contributed by atoms with van der Waals surface area (Å²) in [6, 6.07) is 12.3. The number of hydrogen-bond donors (Lipinski definition) is 2. The van der Waals surface area contributed by atoms with Crippen molar-refractivity contribution in [3.8, 4) is 5.75 Å². The van der Waals surface area contributed by atoms with Crippen LogP contribution in [0.2, 0.25) is 0 Å². The number of aromatic carboxylic acids is 1. The molecule has 0 aromatic heterocycles. The van der Waals surface area contributed by atoms with E-state index in [9.17, 15) is 18.3 Å². The number of carboxylic acid groups (broad SMARTS) is 1. The van der Waals surface area contributed by atoms with E-state index in [1.54, 1.807) is 24.3 Å². The molecule has 6 nitrogen and oxygen atoms in total. The van der Waals surface area contributed by atoms with Crippen molar-refractivity contribution in [1.29, 1.82) is 0 Å². The number of aliphatic hydroxyl groups is 1. The number of carboxylic acids is 1. The average Bonchev–Trinajstić information content (AvgIpc) is 2.54. The Morgan fingerprint density at radius 1 is 1.08 bits per heavy atom. The van der Waals surface area contributed by atoms with Crippen molar-refractivity contribution in [3.05, 3.63) is 59.7 Å². The summed E-state index contributed by atoms with van der Waals surface area (Å²) in [6.07, 6.45) is 0.288. The molecule has 25 heavy (non-hydrogen) atoms. The number of aliphatic hydroxyl groups excluding tert-OH is 1. The van der Waals surface area contributed by atoms with Crippen LogP contribution in [0.3, 0.4) is 0 Å². The smallest absolute Gasteiger partial charge is 0.335 e. The van der Waals surface area contributed by atoms with E-state index in [0.717, 1.165) is 5.56 Å². The first-order chi connectivity index (χ1) is 11.3. The van der Waals surface area contributed by atoms with Crippen LogP contribution in [0.15, 0.2) is 53.4 Å². The third-order valence-corrected chi connectivity index (χ3v) is 4.89. The summed E-state index contributed by atoms with van der Waals surface area (Å²) in [6.45, 7) is 1.81. The van der Waals surface area contributed by atoms with Crippen molar-refractivity contribution in [2.24, 2.45) is 0 Å². The van der Waals surface area contributed by atoms with Crippen LogP contribution in [0.5, 0.6) is 5.75 Å². The first-order valence-electron chi connectivity index (χ1n) is 7.17. The zero-order valence-electron chi connectivity index (χ0n) is 13.9. The van der Waals surface area contributed by atoms with Crippen LogP contribution in [-0.4, -0.2) is 37.0 Å². The molecule has 0 amide bonds. The summed E-state index contributed by atoms with van der Waals surface area (Å²) in [5.74, 6) is -1.62. The number of rotatable bonds is 5. The summed E-state index contributed by atoms with van der Waals surface area (Å²) >= 11 is 0. The standard InChI is InChI=1S/C10H14O3S.C7H6O3.Zn/c1-9-3-5-10(6-4-9)14(12,13)8-2-7-11;8-6-4-2-1-3-5(6)7(9)10;/h3-6,11H,2,7-8H2,1H3;1-4,8H,(H,9,10);/p-1. The molecule has 0 bridgehead atoms. The third kappa shape index (κ3) is 7.77. The van der Waals surface area contributed by atoms with E-state index in [2.05, 4.69) is 0 Å². The van der Waals surface area contributed by atoms with E-state index in [1.807, 2.05) is 6.92 Å². The number of hydrogen-bond acceptors (Lipinski definition) is 5. The Labute approximate surface area is 159 Å². The zero-order valence-corrected chi connectivity index (χ0v) is 17.7. The number of sulfone groups is 1. The van der Waals surface area contributed by atoms with Gasteiger partial charge in [0.2, 0.25) is 0 Å². The fourth-order valence-electron chi connectivity index (χ4n) is 1.76. The summed E-state index contributed by atoms with van der Waals surface area (Å²) in [5.41, 5.74) is 0.855. The van der Waals surface area contributed by atoms with Crippen LogP contribution < -0.4 is 5.11 Å². The predicted molar refractivity (Wildman–Crippen MR) is 87.8 cm³/mol. The molecule has 2 rings (SSSR count). The molecule has 0 aliphatic heterocycles. The van der Waals surface area contributed by atoms with Gasteiger partial charge in [0.1, 0.15) is 0 Å². The Morgan fingerprint density at radius 2 is 1.64 bits per heavy atom. The molecule has 2 aromatic carbocycles. The summed E-state index contributed by atoms with van der Waals surface area (Å²) < 4.78 is 23.2. The molecule has 0 aliphatic carbocycles. The van der Waals surface area contributed by atoms with Gasteiger partial charge in [0.25, 0.3) is 0 Å². The fraction of sp³-hybridized carbons (Fsp3) is 0.235. The van der Waals surface area contributed by atoms with Crippen molar-refractivity contribution in [2.75, 3.05) is 12.4 Å². The minimum Gasteiger partial charge on any atom is -0.872 e. The summed E-state index contributed by atoms with van der Waals surface area (Å²) in [7, 11) is -3.20. The van der Waals surface area contributed by atoms with Crippen LogP contribution in [0, 0.1) is 6.92 Å². The first kappa shape index (κ1) is 23.2. The van der Waals surface area contributed by atoms with E-state index in [-0.39, 0.29) is 43.8 Å². The quantitative estimate of drug-likeness (QED) is 0.715. The molecule has 2 N–H and O–H groups in total. The number of para-hydroxylation sites is 1. The molecule has 0 atom stereocenters. The molecule has 0 radical (unpaired) electrons. The fourth-order valence-corrected chi connectivity index (χ4v) is 3.06. The Bertz CT molecular complexity index is 772. The van der Waals surface area contributed by atoms with E-state index >= 15 is 0 Å². The third-order valence-electron chi connectivity index (χ3n) is 3.07. The van der Waals surface area contributed by atoms with Crippen molar-refractivity contribution in [2.45, 2.75) is 18.2 Å². The second kappa shape index (κ2) is 11.0. The minimum absolute atomic E-state index is 0. The number of aryl methyl sites for hydroxylation is 1. The van der Waals surface area contributed by atoms with Gasteiger partial charge in [0, 0.05) is 26.1 Å². The second-order valence-electron chi connectivity index (χ2n) is 5.01. The van der Waals surface area contributed by atoms with Gasteiger partial charge in [-0.1, -0.05) is 41.6 Å². The molecule has 0 saturated heterocycles. The zero-order chi connectivity index (χ0) is 18.2. The van der Waals surface area contributed by atoms with Crippen molar-refractivity contribution >= 4 is 15.8 Å². The molecule has 0 fully saturated rings. The summed E-state index contributed by atoms with van der Waals surface area (Å²) in [5, 5.41) is 27.6. The monoisotopic (exact) mass is 415 g/mol. The maximum absolute atomic E-state index is 11.6. The van der Waals surface area contributed by atoms with Gasteiger partial charge < -0.3 is 15.3 Å². The SMILES string of the molecule is Cc1ccc(S(=O)(=O)CCCO)cc1.O=C(O)c1ccccc1[O-].[Zn]. The van der Waals surface area contributed by atoms with Crippen LogP contribution in [0.25, 0.3) is 0 Å². The van der Waals surface area contributed by atoms with Gasteiger partial charge in [-0.25, -0.2) is 13.2 Å². The molecule has 2 aromatic rings. The summed E-state index contributed by atoms with van der Waals surface area (Å²) in [4.78, 5) is 10.6. The molecule has 132 valence electrons. The van der Waals surface area contributed by atoms with E-state index in [1.165, 1.54) is 24.3 Å². The van der Waals surface area contributed by atoms with Crippen LogP contribution in [0.1, 0.15) is 22.3 Å². The van der Waals surface area contributed by atoms with Crippen molar-refractivity contribution < 1.29 is 48.0 Å². The van der Waals surface area contributed by atoms with E-state index in [4.69, 9.17) is 10.2 Å². The Hall–Kier alpha value is -1.76. The topological polar surface area (TPSA) is 115 Å².